The quantitative estimate of drug-likeness (QED) is 0.311. The molecule has 1 aliphatic rings. The van der Waals surface area contributed by atoms with Crippen LogP contribution < -0.4 is 14.4 Å². The van der Waals surface area contributed by atoms with Crippen LogP contribution in [0, 0.1) is 6.92 Å². The van der Waals surface area contributed by atoms with Crippen LogP contribution in [0.25, 0.3) is 11.0 Å². The number of ether oxygens (including phenoxy) is 2. The summed E-state index contributed by atoms with van der Waals surface area (Å²) in [4.78, 5) is 28.3. The Hall–Kier alpha value is -3.90. The van der Waals surface area contributed by atoms with Gasteiger partial charge in [0.1, 0.15) is 5.01 Å². The second-order valence-corrected chi connectivity index (χ2v) is 9.83. The van der Waals surface area contributed by atoms with Gasteiger partial charge >= 0.3 is 0 Å². The van der Waals surface area contributed by atoms with Gasteiger partial charge in [-0.3, -0.25) is 14.5 Å². The number of carbonyl (C=O) groups excluding carboxylic acids is 2. The Bertz CT molecular complexity index is 1580. The molecular weight excluding hydrogens is 554 g/mol. The van der Waals surface area contributed by atoms with Crippen molar-refractivity contribution in [2.45, 2.75) is 13.0 Å². The number of halogens is 1. The van der Waals surface area contributed by atoms with Crippen LogP contribution in [0.5, 0.6) is 17.2 Å². The molecular formula is C24H18BrN3O7S. The fraction of sp³-hybridized carbons (Fsp3) is 0.167. The van der Waals surface area contributed by atoms with Crippen LogP contribution in [0.4, 0.5) is 5.13 Å². The summed E-state index contributed by atoms with van der Waals surface area (Å²) in [5.41, 5.74) is 0.513. The molecule has 1 amide bonds. The summed E-state index contributed by atoms with van der Waals surface area (Å²) in [6.07, 6.45) is 0. The van der Waals surface area contributed by atoms with E-state index in [1.165, 1.54) is 37.3 Å². The third kappa shape index (κ3) is 3.69. The largest absolute Gasteiger partial charge is 0.503 e. The number of phenolic OH excluding ortho intramolecular Hbond substituents is 1. The topological polar surface area (TPSA) is 135 Å². The number of aromatic nitrogens is 2. The molecule has 0 radical (unpaired) electrons. The first-order valence-corrected chi connectivity index (χ1v) is 12.1. The van der Waals surface area contributed by atoms with Crippen molar-refractivity contribution in [3.05, 3.63) is 68.5 Å². The number of furan rings is 1. The number of methoxy groups -OCH3 is 2. The summed E-state index contributed by atoms with van der Waals surface area (Å²) in [7, 11) is 2.86. The van der Waals surface area contributed by atoms with Crippen molar-refractivity contribution in [2.75, 3.05) is 19.1 Å². The number of aryl methyl sites for hydroxylation is 1. The molecule has 5 rings (SSSR count). The number of benzene rings is 2. The normalized spacial score (nSPS) is 15.7. The van der Waals surface area contributed by atoms with Crippen molar-refractivity contribution in [2.24, 2.45) is 0 Å². The molecule has 1 atom stereocenters. The molecule has 0 bridgehead atoms. The predicted octanol–water partition coefficient (Wildman–Crippen LogP) is 4.86. The molecule has 2 aromatic carbocycles. The second kappa shape index (κ2) is 8.95. The standard InChI is InChI=1S/C24H18BrN3O7S/c1-10-26-27-24(36-10)28-18(12-7-13(25)19(29)15(9-12)34-3)17(21(31)23(28)32)20(30)16-8-11-5-4-6-14(33-2)22(11)35-16/h4-9,18,29,31H,1-3H3. The van der Waals surface area contributed by atoms with Crippen molar-refractivity contribution < 1.29 is 33.7 Å². The van der Waals surface area contributed by atoms with Crippen molar-refractivity contribution in [1.82, 2.24) is 10.2 Å². The van der Waals surface area contributed by atoms with E-state index < -0.39 is 23.5 Å². The van der Waals surface area contributed by atoms with Gasteiger partial charge in [-0.05, 0) is 52.7 Å². The molecule has 0 fully saturated rings. The van der Waals surface area contributed by atoms with Crippen LogP contribution in [0.3, 0.4) is 0 Å². The number of fused-ring (bicyclic) bond motifs is 1. The van der Waals surface area contributed by atoms with Gasteiger partial charge in [-0.2, -0.15) is 0 Å². The summed E-state index contributed by atoms with van der Waals surface area (Å²) >= 11 is 4.41. The molecule has 2 aromatic heterocycles. The first kappa shape index (κ1) is 23.8. The molecule has 4 aromatic rings. The highest BCUT2D eigenvalue weighted by Crippen LogP contribution is 2.46. The summed E-state index contributed by atoms with van der Waals surface area (Å²) in [6, 6.07) is 8.62. The zero-order chi connectivity index (χ0) is 25.7. The lowest BCUT2D eigenvalue weighted by Crippen LogP contribution is -2.31. The number of nitrogens with zero attached hydrogens (tertiary/aromatic N) is 3. The summed E-state index contributed by atoms with van der Waals surface area (Å²) < 4.78 is 16.7. The van der Waals surface area contributed by atoms with Gasteiger partial charge in [-0.1, -0.05) is 23.5 Å². The zero-order valence-electron chi connectivity index (χ0n) is 19.1. The number of aliphatic hydroxyl groups is 1. The molecule has 12 heteroatoms. The second-order valence-electron chi connectivity index (χ2n) is 7.82. The third-order valence-electron chi connectivity index (χ3n) is 5.71. The number of carbonyl (C=O) groups is 2. The Morgan fingerprint density at radius 3 is 2.56 bits per heavy atom. The Morgan fingerprint density at radius 1 is 1.14 bits per heavy atom. The third-order valence-corrected chi connectivity index (χ3v) is 7.15. The molecule has 2 N–H and O–H groups in total. The van der Waals surface area contributed by atoms with Gasteiger partial charge in [-0.15, -0.1) is 10.2 Å². The maximum Gasteiger partial charge on any atom is 0.296 e. The van der Waals surface area contributed by atoms with E-state index in [0.29, 0.717) is 27.3 Å². The Morgan fingerprint density at radius 2 is 1.89 bits per heavy atom. The van der Waals surface area contributed by atoms with Crippen LogP contribution in [-0.4, -0.2) is 46.3 Å². The van der Waals surface area contributed by atoms with Crippen LogP contribution in [-0.2, 0) is 4.79 Å². The van der Waals surface area contributed by atoms with Gasteiger partial charge in [0.25, 0.3) is 5.91 Å². The van der Waals surface area contributed by atoms with Crippen LogP contribution in [0.1, 0.15) is 27.2 Å². The van der Waals surface area contributed by atoms with Gasteiger partial charge in [-0.25, -0.2) is 0 Å². The SMILES string of the molecule is COc1cc(C2C(C(=O)c3cc4cccc(OC)c4o3)=C(O)C(=O)N2c2nnc(C)s2)cc(Br)c1O. The summed E-state index contributed by atoms with van der Waals surface area (Å²) in [5.74, 6) is -1.97. The molecule has 0 spiro atoms. The fourth-order valence-electron chi connectivity index (χ4n) is 4.08. The number of rotatable bonds is 6. The Kier molecular flexibility index (Phi) is 5.92. The van der Waals surface area contributed by atoms with E-state index in [0.717, 1.165) is 11.3 Å². The van der Waals surface area contributed by atoms with Crippen molar-refractivity contribution in [1.29, 1.82) is 0 Å². The fourth-order valence-corrected chi connectivity index (χ4v) is 5.26. The highest BCUT2D eigenvalue weighted by atomic mass is 79.9. The summed E-state index contributed by atoms with van der Waals surface area (Å²) in [5, 5.41) is 30.7. The maximum atomic E-state index is 13.8. The smallest absolute Gasteiger partial charge is 0.296 e. The van der Waals surface area contributed by atoms with Crippen LogP contribution >= 0.6 is 27.3 Å². The van der Waals surface area contributed by atoms with E-state index in [-0.39, 0.29) is 32.4 Å². The monoisotopic (exact) mass is 571 g/mol. The van der Waals surface area contributed by atoms with E-state index in [9.17, 15) is 19.8 Å². The Labute approximate surface area is 216 Å². The van der Waals surface area contributed by atoms with E-state index >= 15 is 0 Å². The van der Waals surface area contributed by atoms with Gasteiger partial charge < -0.3 is 24.1 Å². The maximum absolute atomic E-state index is 13.8. The average Bonchev–Trinajstić information content (AvgIpc) is 3.56. The van der Waals surface area contributed by atoms with Gasteiger partial charge in [0.2, 0.25) is 10.9 Å². The number of phenols is 1. The molecule has 0 saturated carbocycles. The number of anilines is 1. The number of Topliss-reactive ketones (excluding diaryl/α,β-unsaturated/α-hetero) is 1. The lowest BCUT2D eigenvalue weighted by Gasteiger charge is -2.24. The lowest BCUT2D eigenvalue weighted by molar-refractivity contribution is -0.117. The van der Waals surface area contributed by atoms with E-state index in [1.54, 1.807) is 25.1 Å². The minimum absolute atomic E-state index is 0.0889. The molecule has 3 heterocycles. The number of para-hydroxylation sites is 1. The number of hydrogen-bond acceptors (Lipinski definition) is 10. The molecule has 0 saturated heterocycles. The van der Waals surface area contributed by atoms with Crippen molar-refractivity contribution in [3.63, 3.8) is 0 Å². The first-order chi connectivity index (χ1) is 17.2. The molecule has 184 valence electrons. The van der Waals surface area contributed by atoms with Gasteiger partial charge in [0.05, 0.1) is 30.3 Å². The first-order valence-electron chi connectivity index (χ1n) is 10.5. The average molecular weight is 572 g/mol. The van der Waals surface area contributed by atoms with E-state index in [2.05, 4.69) is 26.1 Å². The molecule has 0 aliphatic carbocycles. The van der Waals surface area contributed by atoms with E-state index in [4.69, 9.17) is 13.9 Å². The number of hydrogen-bond donors (Lipinski definition) is 2. The van der Waals surface area contributed by atoms with Gasteiger partial charge in [0, 0.05) is 5.39 Å². The number of aliphatic hydroxyl groups excluding tert-OH is 1. The molecule has 1 aliphatic heterocycles. The predicted molar refractivity (Wildman–Crippen MR) is 134 cm³/mol. The molecule has 10 nitrogen and oxygen atoms in total. The van der Waals surface area contributed by atoms with Gasteiger partial charge in [0.15, 0.2) is 34.4 Å². The van der Waals surface area contributed by atoms with E-state index in [1.807, 2.05) is 0 Å². The van der Waals surface area contributed by atoms with Crippen LogP contribution in [0.2, 0.25) is 0 Å². The van der Waals surface area contributed by atoms with Crippen molar-refractivity contribution >= 4 is 55.1 Å². The number of amides is 1. The Balaban J connectivity index is 1.70. The minimum Gasteiger partial charge on any atom is -0.503 e. The highest BCUT2D eigenvalue weighted by Gasteiger charge is 2.47. The highest BCUT2D eigenvalue weighted by molar-refractivity contribution is 9.10. The summed E-state index contributed by atoms with van der Waals surface area (Å²) in [6.45, 7) is 1.72. The zero-order valence-corrected chi connectivity index (χ0v) is 21.5. The number of aromatic hydroxyl groups is 1. The minimum atomic E-state index is -1.11. The number of ketones is 1. The van der Waals surface area contributed by atoms with Crippen LogP contribution in [0.15, 0.2) is 56.6 Å². The molecule has 36 heavy (non-hydrogen) atoms. The molecule has 1 unspecified atom stereocenters. The van der Waals surface area contributed by atoms with Crippen molar-refractivity contribution in [3.8, 4) is 17.2 Å². The lowest BCUT2D eigenvalue weighted by atomic mass is 9.95.